The molecule has 1 aliphatic rings. The first-order chi connectivity index (χ1) is 13.3. The summed E-state index contributed by atoms with van der Waals surface area (Å²) in [6, 6.07) is 7.48. The number of hydrogen-bond acceptors (Lipinski definition) is 3. The van der Waals surface area contributed by atoms with Crippen molar-refractivity contribution in [2.45, 2.75) is 37.5 Å². The summed E-state index contributed by atoms with van der Waals surface area (Å²) in [6.45, 7) is 2.54. The molecule has 0 aliphatic carbocycles. The predicted molar refractivity (Wildman–Crippen MR) is 103 cm³/mol. The van der Waals surface area contributed by atoms with E-state index in [0.717, 1.165) is 37.8 Å². The number of sulfonamides is 1. The number of benzene rings is 2. The fourth-order valence-electron chi connectivity index (χ4n) is 3.24. The van der Waals surface area contributed by atoms with Crippen LogP contribution in [0.25, 0.3) is 0 Å². The van der Waals surface area contributed by atoms with E-state index in [2.05, 4.69) is 5.32 Å². The number of carbonyl (C=O) groups excluding carboxylic acids is 1. The first kappa shape index (κ1) is 20.4. The molecule has 0 bridgehead atoms. The lowest BCUT2D eigenvalue weighted by atomic mass is 10.1. The highest BCUT2D eigenvalue weighted by atomic mass is 32.2. The first-order valence-electron chi connectivity index (χ1n) is 9.17. The third kappa shape index (κ3) is 4.23. The lowest BCUT2D eigenvalue weighted by Crippen LogP contribution is -2.32. The fourth-order valence-corrected chi connectivity index (χ4v) is 5.01. The van der Waals surface area contributed by atoms with Gasteiger partial charge in [0.05, 0.1) is 4.90 Å². The minimum absolute atomic E-state index is 0.0154. The Hall–Kier alpha value is -2.32. The van der Waals surface area contributed by atoms with E-state index in [1.54, 1.807) is 6.92 Å². The zero-order chi connectivity index (χ0) is 20.3. The van der Waals surface area contributed by atoms with Gasteiger partial charge in [0.25, 0.3) is 5.91 Å². The molecule has 0 saturated carbocycles. The molecule has 0 atom stereocenters. The highest BCUT2D eigenvalue weighted by Gasteiger charge is 2.27. The van der Waals surface area contributed by atoms with Crippen LogP contribution in [0.15, 0.2) is 41.3 Å². The Morgan fingerprint density at radius 3 is 2.21 bits per heavy atom. The second kappa shape index (κ2) is 8.36. The summed E-state index contributed by atoms with van der Waals surface area (Å²) in [6.07, 6.45) is 3.57. The molecule has 150 valence electrons. The number of aryl methyl sites for hydroxylation is 1. The first-order valence-corrected chi connectivity index (χ1v) is 10.6. The Kier molecular flexibility index (Phi) is 6.10. The standard InChI is InChI=1S/C20H22F2N2O3S/c1-14-9-10-15(20(25)23-19-16(21)7-6-8-17(19)22)13-18(14)28(26,27)24-11-4-2-3-5-12-24/h6-10,13H,2-5,11-12H2,1H3,(H,23,25). The van der Waals surface area contributed by atoms with Crippen LogP contribution in [0.2, 0.25) is 0 Å². The van der Waals surface area contributed by atoms with E-state index in [9.17, 15) is 22.0 Å². The number of rotatable bonds is 4. The molecule has 1 N–H and O–H groups in total. The largest absolute Gasteiger partial charge is 0.317 e. The molecule has 1 heterocycles. The van der Waals surface area contributed by atoms with Crippen molar-refractivity contribution in [2.24, 2.45) is 0 Å². The molecule has 5 nitrogen and oxygen atoms in total. The van der Waals surface area contributed by atoms with Crippen LogP contribution >= 0.6 is 0 Å². The zero-order valence-corrected chi connectivity index (χ0v) is 16.4. The second-order valence-electron chi connectivity index (χ2n) is 6.85. The highest BCUT2D eigenvalue weighted by Crippen LogP contribution is 2.25. The topological polar surface area (TPSA) is 66.5 Å². The van der Waals surface area contributed by atoms with Gasteiger partial charge in [-0.2, -0.15) is 4.31 Å². The molecule has 0 aromatic heterocycles. The summed E-state index contributed by atoms with van der Waals surface area (Å²) in [5.41, 5.74) is -0.0375. The molecule has 0 spiro atoms. The molecule has 8 heteroatoms. The van der Waals surface area contributed by atoms with Crippen molar-refractivity contribution in [3.05, 3.63) is 59.2 Å². The summed E-state index contributed by atoms with van der Waals surface area (Å²) >= 11 is 0. The van der Waals surface area contributed by atoms with Gasteiger partial charge in [-0.1, -0.05) is 25.0 Å². The van der Waals surface area contributed by atoms with Crippen molar-refractivity contribution in [3.8, 4) is 0 Å². The van der Waals surface area contributed by atoms with Gasteiger partial charge in [-0.15, -0.1) is 0 Å². The van der Waals surface area contributed by atoms with Crippen LogP contribution in [-0.2, 0) is 10.0 Å². The molecule has 28 heavy (non-hydrogen) atoms. The quantitative estimate of drug-likeness (QED) is 0.829. The maximum Gasteiger partial charge on any atom is 0.255 e. The molecule has 2 aromatic carbocycles. The van der Waals surface area contributed by atoms with Gasteiger partial charge >= 0.3 is 0 Å². The van der Waals surface area contributed by atoms with Crippen LogP contribution in [0.1, 0.15) is 41.6 Å². The van der Waals surface area contributed by atoms with E-state index in [1.165, 1.54) is 28.6 Å². The van der Waals surface area contributed by atoms with Crippen molar-refractivity contribution < 1.29 is 22.0 Å². The Balaban J connectivity index is 1.91. The van der Waals surface area contributed by atoms with E-state index in [0.29, 0.717) is 18.7 Å². The summed E-state index contributed by atoms with van der Waals surface area (Å²) in [5.74, 6) is -2.59. The highest BCUT2D eigenvalue weighted by molar-refractivity contribution is 7.89. The lowest BCUT2D eigenvalue weighted by molar-refractivity contribution is 0.102. The van der Waals surface area contributed by atoms with Gasteiger partial charge in [-0.05, 0) is 49.6 Å². The van der Waals surface area contributed by atoms with E-state index in [4.69, 9.17) is 0 Å². The SMILES string of the molecule is Cc1ccc(C(=O)Nc2c(F)cccc2F)cc1S(=O)(=O)N1CCCCCC1. The molecule has 0 radical (unpaired) electrons. The number of hydrogen-bond donors (Lipinski definition) is 1. The van der Waals surface area contributed by atoms with Gasteiger partial charge in [0.1, 0.15) is 17.3 Å². The predicted octanol–water partition coefficient (Wildman–Crippen LogP) is 4.09. The van der Waals surface area contributed by atoms with Crippen LogP contribution < -0.4 is 5.32 Å². The average molecular weight is 408 g/mol. The van der Waals surface area contributed by atoms with Crippen LogP contribution in [0.4, 0.5) is 14.5 Å². The number of para-hydroxylation sites is 1. The van der Waals surface area contributed by atoms with Crippen LogP contribution in [0, 0.1) is 18.6 Å². The van der Waals surface area contributed by atoms with E-state index in [1.807, 2.05) is 0 Å². The number of amides is 1. The van der Waals surface area contributed by atoms with Crippen LogP contribution in [0.5, 0.6) is 0 Å². The summed E-state index contributed by atoms with van der Waals surface area (Å²) < 4.78 is 55.2. The molecule has 3 rings (SSSR count). The third-order valence-corrected chi connectivity index (χ3v) is 6.88. The summed E-state index contributed by atoms with van der Waals surface area (Å²) in [5, 5.41) is 2.19. The molecule has 1 fully saturated rings. The van der Waals surface area contributed by atoms with Gasteiger partial charge in [0.2, 0.25) is 10.0 Å². The second-order valence-corrected chi connectivity index (χ2v) is 8.76. The number of carbonyl (C=O) groups is 1. The Morgan fingerprint density at radius 1 is 1.00 bits per heavy atom. The van der Waals surface area contributed by atoms with E-state index < -0.39 is 33.3 Å². The smallest absolute Gasteiger partial charge is 0.255 e. The van der Waals surface area contributed by atoms with E-state index >= 15 is 0 Å². The van der Waals surface area contributed by atoms with Crippen molar-refractivity contribution >= 4 is 21.6 Å². The molecular formula is C20H22F2N2O3S. The minimum atomic E-state index is -3.76. The van der Waals surface area contributed by atoms with Crippen molar-refractivity contribution in [3.63, 3.8) is 0 Å². The van der Waals surface area contributed by atoms with Crippen molar-refractivity contribution in [2.75, 3.05) is 18.4 Å². The molecule has 0 unspecified atom stereocenters. The van der Waals surface area contributed by atoms with Crippen molar-refractivity contribution in [1.29, 1.82) is 0 Å². The summed E-state index contributed by atoms with van der Waals surface area (Å²) in [4.78, 5) is 12.5. The molecular weight excluding hydrogens is 386 g/mol. The van der Waals surface area contributed by atoms with Gasteiger partial charge in [0, 0.05) is 18.7 Å². The fraction of sp³-hybridized carbons (Fsp3) is 0.350. The minimum Gasteiger partial charge on any atom is -0.317 e. The van der Waals surface area contributed by atoms with Crippen LogP contribution in [0.3, 0.4) is 0 Å². The lowest BCUT2D eigenvalue weighted by Gasteiger charge is -2.21. The van der Waals surface area contributed by atoms with Crippen LogP contribution in [-0.4, -0.2) is 31.7 Å². The Morgan fingerprint density at radius 2 is 1.61 bits per heavy atom. The monoisotopic (exact) mass is 408 g/mol. The Bertz CT molecular complexity index is 965. The zero-order valence-electron chi connectivity index (χ0n) is 15.5. The van der Waals surface area contributed by atoms with Crippen molar-refractivity contribution in [1.82, 2.24) is 4.31 Å². The molecule has 2 aromatic rings. The maximum atomic E-state index is 13.8. The van der Waals surface area contributed by atoms with E-state index in [-0.39, 0.29) is 10.5 Å². The van der Waals surface area contributed by atoms with Gasteiger partial charge in [-0.3, -0.25) is 4.79 Å². The number of nitrogens with one attached hydrogen (secondary N) is 1. The molecule has 1 amide bonds. The number of anilines is 1. The summed E-state index contributed by atoms with van der Waals surface area (Å²) in [7, 11) is -3.76. The van der Waals surface area contributed by atoms with Gasteiger partial charge in [0.15, 0.2) is 0 Å². The molecule has 1 aliphatic heterocycles. The average Bonchev–Trinajstić information content (AvgIpc) is 2.95. The molecule has 1 saturated heterocycles. The normalized spacial score (nSPS) is 15.8. The third-order valence-electron chi connectivity index (χ3n) is 4.83. The van der Waals surface area contributed by atoms with Gasteiger partial charge < -0.3 is 5.32 Å². The maximum absolute atomic E-state index is 13.8. The number of halogens is 2. The number of nitrogens with zero attached hydrogens (tertiary/aromatic N) is 1. The van der Waals surface area contributed by atoms with Gasteiger partial charge in [-0.25, -0.2) is 17.2 Å². The Labute approximate surface area is 163 Å².